The molecule has 0 fully saturated rings. The second kappa shape index (κ2) is 3.80. The largest absolute Gasteiger partial charge is 0.435 e. The minimum absolute atomic E-state index is 0.0875. The van der Waals surface area contributed by atoms with Crippen LogP contribution in [0.4, 0.5) is 26.3 Å². The van der Waals surface area contributed by atoms with Gasteiger partial charge in [-0.15, -0.1) is 0 Å². The molecule has 1 radical (unpaired) electrons. The van der Waals surface area contributed by atoms with Gasteiger partial charge in [-0.25, -0.2) is 0 Å². The van der Waals surface area contributed by atoms with Crippen LogP contribution in [0, 0.1) is 0 Å². The van der Waals surface area contributed by atoms with Gasteiger partial charge < -0.3 is 0 Å². The van der Waals surface area contributed by atoms with Crippen LogP contribution >= 0.6 is 0 Å². The molecule has 0 aliphatic carbocycles. The molecule has 1 heterocycles. The zero-order valence-electron chi connectivity index (χ0n) is 7.35. The standard InChI is InChI=1S/C7H3F6N2O/c8-6(9,10)4-3-5(7(11,12)13)15(14-4)1-2-16/h3H,1H2. The van der Waals surface area contributed by atoms with Crippen LogP contribution in [0.5, 0.6) is 0 Å². The van der Waals surface area contributed by atoms with E-state index < -0.39 is 30.3 Å². The highest BCUT2D eigenvalue weighted by molar-refractivity contribution is 5.50. The number of alkyl halides is 6. The second-order valence-corrected chi connectivity index (χ2v) is 2.71. The summed E-state index contributed by atoms with van der Waals surface area (Å²) in [7, 11) is 0. The molecule has 0 aromatic carbocycles. The van der Waals surface area contributed by atoms with Gasteiger partial charge >= 0.3 is 12.4 Å². The van der Waals surface area contributed by atoms with Crippen molar-refractivity contribution in [1.29, 1.82) is 0 Å². The molecule has 9 heteroatoms. The Balaban J connectivity index is 3.26. The van der Waals surface area contributed by atoms with Crippen molar-refractivity contribution in [2.75, 3.05) is 0 Å². The molecule has 89 valence electrons. The summed E-state index contributed by atoms with van der Waals surface area (Å²) < 4.78 is 72.8. The predicted octanol–water partition coefficient (Wildman–Crippen LogP) is 2.03. The van der Waals surface area contributed by atoms with Crippen LogP contribution in [0.1, 0.15) is 11.4 Å². The third-order valence-electron chi connectivity index (χ3n) is 1.58. The number of carbonyl (C=O) groups excluding carboxylic acids is 1. The highest BCUT2D eigenvalue weighted by atomic mass is 19.4. The first kappa shape index (κ1) is 12.5. The third kappa shape index (κ3) is 2.52. The average molecular weight is 245 g/mol. The van der Waals surface area contributed by atoms with Crippen molar-refractivity contribution in [3.63, 3.8) is 0 Å². The summed E-state index contributed by atoms with van der Waals surface area (Å²) in [4.78, 5) is 9.88. The number of halogens is 6. The molecule has 0 spiro atoms. The van der Waals surface area contributed by atoms with Gasteiger partial charge in [-0.3, -0.25) is 9.48 Å². The van der Waals surface area contributed by atoms with E-state index in [4.69, 9.17) is 0 Å². The van der Waals surface area contributed by atoms with E-state index in [2.05, 4.69) is 5.10 Å². The van der Waals surface area contributed by atoms with Crippen LogP contribution in [0.25, 0.3) is 0 Å². The maximum Gasteiger partial charge on any atom is 0.435 e. The Morgan fingerprint density at radius 1 is 1.19 bits per heavy atom. The molecular formula is C7H3F6N2O. The molecule has 1 aromatic heterocycles. The van der Waals surface area contributed by atoms with E-state index >= 15 is 0 Å². The SMILES string of the molecule is O=[C]Cn1nc(C(F)(F)F)cc1C(F)(F)F. The summed E-state index contributed by atoms with van der Waals surface area (Å²) in [6.45, 7) is -1.01. The van der Waals surface area contributed by atoms with E-state index in [-0.39, 0.29) is 10.7 Å². The van der Waals surface area contributed by atoms with Gasteiger partial charge in [-0.05, 0) is 0 Å². The summed E-state index contributed by atoms with van der Waals surface area (Å²) in [6.07, 6.45) is -8.95. The van der Waals surface area contributed by atoms with Crippen molar-refractivity contribution in [2.24, 2.45) is 0 Å². The van der Waals surface area contributed by atoms with Crippen LogP contribution in [0.3, 0.4) is 0 Å². The normalized spacial score (nSPS) is 12.9. The van der Waals surface area contributed by atoms with E-state index in [1.54, 1.807) is 0 Å². The third-order valence-corrected chi connectivity index (χ3v) is 1.58. The van der Waals surface area contributed by atoms with Crippen molar-refractivity contribution >= 4 is 6.29 Å². The second-order valence-electron chi connectivity index (χ2n) is 2.71. The Bertz CT molecular complexity index is 391. The van der Waals surface area contributed by atoms with Crippen molar-refractivity contribution in [2.45, 2.75) is 18.9 Å². The lowest BCUT2D eigenvalue weighted by Crippen LogP contribution is -2.15. The smallest absolute Gasteiger partial charge is 0.289 e. The lowest BCUT2D eigenvalue weighted by molar-refractivity contribution is -0.144. The van der Waals surface area contributed by atoms with Gasteiger partial charge in [-0.1, -0.05) is 0 Å². The van der Waals surface area contributed by atoms with Crippen LogP contribution in [0.15, 0.2) is 6.07 Å². The molecule has 0 saturated carbocycles. The summed E-state index contributed by atoms with van der Waals surface area (Å²) in [5.74, 6) is 0. The Morgan fingerprint density at radius 2 is 1.75 bits per heavy atom. The summed E-state index contributed by atoms with van der Waals surface area (Å²) >= 11 is 0. The molecule has 0 N–H and O–H groups in total. The minimum Gasteiger partial charge on any atom is -0.289 e. The summed E-state index contributed by atoms with van der Waals surface area (Å²) in [5, 5.41) is 2.65. The molecule has 0 bridgehead atoms. The fraction of sp³-hybridized carbons (Fsp3) is 0.429. The van der Waals surface area contributed by atoms with Crippen molar-refractivity contribution in [1.82, 2.24) is 9.78 Å². The molecule has 0 unspecified atom stereocenters. The fourth-order valence-electron chi connectivity index (χ4n) is 0.965. The zero-order valence-corrected chi connectivity index (χ0v) is 7.35. The Kier molecular flexibility index (Phi) is 2.97. The van der Waals surface area contributed by atoms with E-state index in [1.165, 1.54) is 0 Å². The van der Waals surface area contributed by atoms with E-state index in [0.717, 1.165) is 6.29 Å². The van der Waals surface area contributed by atoms with Crippen LogP contribution in [-0.2, 0) is 23.7 Å². The molecule has 0 aliphatic rings. The molecule has 0 amide bonds. The van der Waals surface area contributed by atoms with Gasteiger partial charge in [-0.2, -0.15) is 31.4 Å². The fourth-order valence-corrected chi connectivity index (χ4v) is 0.965. The lowest BCUT2D eigenvalue weighted by Gasteiger charge is -2.06. The first-order valence-corrected chi connectivity index (χ1v) is 3.73. The maximum absolute atomic E-state index is 12.2. The van der Waals surface area contributed by atoms with Crippen molar-refractivity contribution in [3.8, 4) is 0 Å². The molecular weight excluding hydrogens is 242 g/mol. The maximum atomic E-state index is 12.2. The highest BCUT2D eigenvalue weighted by Crippen LogP contribution is 2.34. The zero-order chi connectivity index (χ0) is 12.6. The van der Waals surface area contributed by atoms with Gasteiger partial charge in [0.05, 0.1) is 0 Å². The van der Waals surface area contributed by atoms with Gasteiger partial charge in [0.2, 0.25) is 6.29 Å². The molecule has 1 aromatic rings. The Labute approximate surface area is 84.7 Å². The van der Waals surface area contributed by atoms with Gasteiger partial charge in [0.1, 0.15) is 12.2 Å². The van der Waals surface area contributed by atoms with Crippen molar-refractivity contribution < 1.29 is 31.1 Å². The van der Waals surface area contributed by atoms with E-state index in [1.807, 2.05) is 0 Å². The van der Waals surface area contributed by atoms with Crippen LogP contribution < -0.4 is 0 Å². The number of hydrogen-bond donors (Lipinski definition) is 0. The summed E-state index contributed by atoms with van der Waals surface area (Å²) in [5.41, 5.74) is -3.33. The topological polar surface area (TPSA) is 34.9 Å². The monoisotopic (exact) mass is 245 g/mol. The molecule has 0 aliphatic heterocycles. The van der Waals surface area contributed by atoms with Gasteiger partial charge in [0.15, 0.2) is 5.69 Å². The number of rotatable bonds is 2. The van der Waals surface area contributed by atoms with Gasteiger partial charge in [0, 0.05) is 6.07 Å². The molecule has 0 atom stereocenters. The molecule has 1 rings (SSSR count). The first-order valence-electron chi connectivity index (χ1n) is 3.73. The van der Waals surface area contributed by atoms with Crippen molar-refractivity contribution in [3.05, 3.63) is 17.5 Å². The van der Waals surface area contributed by atoms with E-state index in [9.17, 15) is 31.1 Å². The Morgan fingerprint density at radius 3 is 2.12 bits per heavy atom. The lowest BCUT2D eigenvalue weighted by atomic mass is 10.3. The van der Waals surface area contributed by atoms with Crippen LogP contribution in [-0.4, -0.2) is 16.1 Å². The summed E-state index contributed by atoms with van der Waals surface area (Å²) in [6, 6.07) is -0.155. The first-order chi connectivity index (χ1) is 7.16. The van der Waals surface area contributed by atoms with Crippen LogP contribution in [0.2, 0.25) is 0 Å². The van der Waals surface area contributed by atoms with E-state index in [0.29, 0.717) is 0 Å². The number of aromatic nitrogens is 2. The Hall–Kier alpha value is -1.54. The quantitative estimate of drug-likeness (QED) is 0.747. The molecule has 16 heavy (non-hydrogen) atoms. The number of nitrogens with zero attached hydrogens (tertiary/aromatic N) is 2. The average Bonchev–Trinajstić information content (AvgIpc) is 2.46. The molecule has 3 nitrogen and oxygen atoms in total. The minimum atomic E-state index is -5.01. The number of hydrogen-bond acceptors (Lipinski definition) is 2. The van der Waals surface area contributed by atoms with Gasteiger partial charge in [0.25, 0.3) is 0 Å². The highest BCUT2D eigenvalue weighted by Gasteiger charge is 2.41. The predicted molar refractivity (Wildman–Crippen MR) is 37.9 cm³/mol. The molecule has 0 saturated heterocycles.